The summed E-state index contributed by atoms with van der Waals surface area (Å²) in [6.45, 7) is 4.81. The minimum absolute atomic E-state index is 0.00474. The average molecular weight is 332 g/mol. The van der Waals surface area contributed by atoms with Gasteiger partial charge in [-0.2, -0.15) is 13.2 Å². The Labute approximate surface area is 131 Å². The van der Waals surface area contributed by atoms with Gasteiger partial charge in [-0.15, -0.1) is 0 Å². The smallest absolute Gasteiger partial charge is 0.416 e. The molecule has 1 rings (SSSR count). The fourth-order valence-corrected chi connectivity index (χ4v) is 1.80. The summed E-state index contributed by atoms with van der Waals surface area (Å²) in [6, 6.07) is 2.87. The van der Waals surface area contributed by atoms with E-state index in [0.29, 0.717) is 0 Å². The molecule has 1 aromatic carbocycles. The van der Waals surface area contributed by atoms with Gasteiger partial charge in [0.15, 0.2) is 0 Å². The molecular formula is C15H17F3NO4-. The number of halogens is 3. The van der Waals surface area contributed by atoms with Crippen molar-refractivity contribution in [2.75, 3.05) is 0 Å². The Morgan fingerprint density at radius 2 is 1.87 bits per heavy atom. The molecule has 0 saturated heterocycles. The van der Waals surface area contributed by atoms with Crippen LogP contribution >= 0.6 is 0 Å². The van der Waals surface area contributed by atoms with Crippen LogP contribution in [0.25, 0.3) is 0 Å². The van der Waals surface area contributed by atoms with Crippen LogP contribution in [0.3, 0.4) is 0 Å². The van der Waals surface area contributed by atoms with Crippen LogP contribution in [0.15, 0.2) is 24.3 Å². The summed E-state index contributed by atoms with van der Waals surface area (Å²) >= 11 is 0. The highest BCUT2D eigenvalue weighted by molar-refractivity contribution is 5.71. The predicted octanol–water partition coefficient (Wildman–Crippen LogP) is 2.41. The number of hydrogen-bond acceptors (Lipinski definition) is 4. The Bertz CT molecular complexity index is 579. The fraction of sp³-hybridized carbons (Fsp3) is 0.467. The first-order chi connectivity index (χ1) is 10.4. The molecule has 128 valence electrons. The van der Waals surface area contributed by atoms with Crippen molar-refractivity contribution in [3.63, 3.8) is 0 Å². The second kappa shape index (κ2) is 6.89. The highest BCUT2D eigenvalue weighted by atomic mass is 19.4. The van der Waals surface area contributed by atoms with Gasteiger partial charge in [0.1, 0.15) is 5.60 Å². The Morgan fingerprint density at radius 1 is 1.26 bits per heavy atom. The molecule has 1 N–H and O–H groups in total. The van der Waals surface area contributed by atoms with E-state index in [9.17, 15) is 27.9 Å². The second-order valence-corrected chi connectivity index (χ2v) is 5.90. The maximum absolute atomic E-state index is 12.7. The summed E-state index contributed by atoms with van der Waals surface area (Å²) in [7, 11) is 0. The molecule has 1 amide bonds. The van der Waals surface area contributed by atoms with Crippen LogP contribution < -0.4 is 10.4 Å². The monoisotopic (exact) mass is 332 g/mol. The van der Waals surface area contributed by atoms with Gasteiger partial charge in [0.25, 0.3) is 0 Å². The number of carboxylic acid groups (broad SMARTS) is 1. The highest BCUT2D eigenvalue weighted by Gasteiger charge is 2.31. The average Bonchev–Trinajstić information content (AvgIpc) is 2.34. The number of hydrogen-bond donors (Lipinski definition) is 1. The number of amides is 1. The van der Waals surface area contributed by atoms with Gasteiger partial charge < -0.3 is 20.0 Å². The zero-order valence-electron chi connectivity index (χ0n) is 12.9. The molecule has 0 aliphatic heterocycles. The van der Waals surface area contributed by atoms with Gasteiger partial charge in [0.2, 0.25) is 0 Å². The number of rotatable bonds is 4. The lowest BCUT2D eigenvalue weighted by Crippen LogP contribution is -2.37. The van der Waals surface area contributed by atoms with Crippen molar-refractivity contribution in [3.05, 3.63) is 35.4 Å². The number of carboxylic acids is 1. The van der Waals surface area contributed by atoms with Crippen molar-refractivity contribution >= 4 is 12.1 Å². The van der Waals surface area contributed by atoms with E-state index >= 15 is 0 Å². The van der Waals surface area contributed by atoms with Gasteiger partial charge in [-0.3, -0.25) is 0 Å². The van der Waals surface area contributed by atoms with E-state index in [1.54, 1.807) is 20.8 Å². The Balaban J connectivity index is 3.03. The van der Waals surface area contributed by atoms with Crippen LogP contribution in [0.2, 0.25) is 0 Å². The molecule has 0 bridgehead atoms. The number of carbonyl (C=O) groups excluding carboxylic acids is 2. The topological polar surface area (TPSA) is 78.5 Å². The molecular weight excluding hydrogens is 315 g/mol. The van der Waals surface area contributed by atoms with E-state index < -0.39 is 41.9 Å². The SMILES string of the molecule is CC(C)(C)OC(=O)N[C@@H](CC(=O)[O-])c1cccc(C(F)(F)F)c1. The zero-order chi connectivity index (χ0) is 17.8. The number of alkyl carbamates (subject to hydrolysis) is 1. The summed E-state index contributed by atoms with van der Waals surface area (Å²) in [5.74, 6) is -1.51. The standard InChI is InChI=1S/C15H18F3NO4/c1-14(2,3)23-13(22)19-11(8-12(20)21)9-5-4-6-10(7-9)15(16,17)18/h4-7,11H,8H2,1-3H3,(H,19,22)(H,20,21)/p-1/t11-/m0/s1. The second-order valence-electron chi connectivity index (χ2n) is 5.90. The summed E-state index contributed by atoms with van der Waals surface area (Å²) in [5.41, 5.74) is -1.77. The lowest BCUT2D eigenvalue weighted by atomic mass is 10.0. The predicted molar refractivity (Wildman–Crippen MR) is 73.2 cm³/mol. The molecule has 0 radical (unpaired) electrons. The van der Waals surface area contributed by atoms with E-state index in [1.807, 2.05) is 0 Å². The number of aliphatic carboxylic acids is 1. The van der Waals surface area contributed by atoms with Crippen molar-refractivity contribution in [1.29, 1.82) is 0 Å². The van der Waals surface area contributed by atoms with Crippen LogP contribution in [-0.4, -0.2) is 17.7 Å². The maximum atomic E-state index is 12.7. The van der Waals surface area contributed by atoms with Crippen LogP contribution in [0.5, 0.6) is 0 Å². The third-order valence-corrected chi connectivity index (χ3v) is 2.68. The molecule has 0 fully saturated rings. The summed E-state index contributed by atoms with van der Waals surface area (Å²) in [5, 5.41) is 13.1. The lowest BCUT2D eigenvalue weighted by Gasteiger charge is -2.24. The van der Waals surface area contributed by atoms with Gasteiger partial charge >= 0.3 is 12.3 Å². The van der Waals surface area contributed by atoms with Gasteiger partial charge in [0.05, 0.1) is 11.6 Å². The first-order valence-electron chi connectivity index (χ1n) is 6.75. The number of ether oxygens (including phenoxy) is 1. The van der Waals surface area contributed by atoms with Crippen LogP contribution in [-0.2, 0) is 15.7 Å². The Kier molecular flexibility index (Phi) is 5.63. The lowest BCUT2D eigenvalue weighted by molar-refractivity contribution is -0.306. The molecule has 1 atom stereocenters. The molecule has 0 heterocycles. The van der Waals surface area contributed by atoms with Crippen molar-refractivity contribution in [2.24, 2.45) is 0 Å². The molecule has 0 aliphatic rings. The third-order valence-electron chi connectivity index (χ3n) is 2.68. The maximum Gasteiger partial charge on any atom is 0.416 e. The van der Waals surface area contributed by atoms with Gasteiger partial charge in [-0.25, -0.2) is 4.79 Å². The van der Waals surface area contributed by atoms with E-state index in [4.69, 9.17) is 4.74 Å². The summed E-state index contributed by atoms with van der Waals surface area (Å²) in [4.78, 5) is 22.5. The first-order valence-corrected chi connectivity index (χ1v) is 6.75. The van der Waals surface area contributed by atoms with E-state index in [0.717, 1.165) is 18.2 Å². The van der Waals surface area contributed by atoms with Crippen LogP contribution in [0.4, 0.5) is 18.0 Å². The van der Waals surface area contributed by atoms with Crippen LogP contribution in [0.1, 0.15) is 44.4 Å². The molecule has 23 heavy (non-hydrogen) atoms. The van der Waals surface area contributed by atoms with Crippen LogP contribution in [0, 0.1) is 0 Å². The van der Waals surface area contributed by atoms with Crippen molar-refractivity contribution in [1.82, 2.24) is 5.32 Å². The molecule has 1 aromatic rings. The summed E-state index contributed by atoms with van der Waals surface area (Å²) < 4.78 is 43.2. The Morgan fingerprint density at radius 3 is 2.35 bits per heavy atom. The molecule has 5 nitrogen and oxygen atoms in total. The Hall–Kier alpha value is -2.25. The van der Waals surface area contributed by atoms with Crippen molar-refractivity contribution in [2.45, 2.75) is 45.0 Å². The zero-order valence-corrected chi connectivity index (χ0v) is 12.9. The largest absolute Gasteiger partial charge is 0.550 e. The molecule has 0 spiro atoms. The minimum Gasteiger partial charge on any atom is -0.550 e. The minimum atomic E-state index is -4.58. The molecule has 0 saturated carbocycles. The molecule has 8 heteroatoms. The van der Waals surface area contributed by atoms with Gasteiger partial charge in [0, 0.05) is 12.4 Å². The fourth-order valence-electron chi connectivity index (χ4n) is 1.80. The number of nitrogens with one attached hydrogen (secondary N) is 1. The van der Waals surface area contributed by atoms with Gasteiger partial charge in [-0.1, -0.05) is 12.1 Å². The number of alkyl halides is 3. The normalized spacial score (nSPS) is 13.3. The highest BCUT2D eigenvalue weighted by Crippen LogP contribution is 2.31. The summed E-state index contributed by atoms with van der Waals surface area (Å²) in [6.07, 6.45) is -6.18. The third kappa shape index (κ3) is 6.58. The number of benzene rings is 1. The first kappa shape index (κ1) is 18.8. The quantitative estimate of drug-likeness (QED) is 0.918. The molecule has 0 unspecified atom stereocenters. The van der Waals surface area contributed by atoms with E-state index in [2.05, 4.69) is 5.32 Å². The molecule has 0 aliphatic carbocycles. The van der Waals surface area contributed by atoms with Crippen molar-refractivity contribution in [3.8, 4) is 0 Å². The molecule has 0 aromatic heterocycles. The van der Waals surface area contributed by atoms with Gasteiger partial charge in [-0.05, 0) is 38.5 Å². The van der Waals surface area contributed by atoms with Crippen molar-refractivity contribution < 1.29 is 32.6 Å². The van der Waals surface area contributed by atoms with E-state index in [1.165, 1.54) is 6.07 Å². The number of carbonyl (C=O) groups is 2. The van der Waals surface area contributed by atoms with E-state index in [-0.39, 0.29) is 5.56 Å².